The van der Waals surface area contributed by atoms with E-state index in [-0.39, 0.29) is 10.2 Å². The lowest BCUT2D eigenvalue weighted by molar-refractivity contribution is -0.380. The van der Waals surface area contributed by atoms with Gasteiger partial charge in [0.25, 0.3) is 0 Å². The zero-order valence-electron chi connectivity index (χ0n) is 7.25. The fourth-order valence-electron chi connectivity index (χ4n) is 1.04. The summed E-state index contributed by atoms with van der Waals surface area (Å²) in [4.78, 5) is 18.5. The van der Waals surface area contributed by atoms with Gasteiger partial charge in [0, 0.05) is 18.5 Å². The monoisotopic (exact) mass is 241 g/mol. The van der Waals surface area contributed by atoms with Crippen LogP contribution in [0.1, 0.15) is 0 Å². The summed E-state index contributed by atoms with van der Waals surface area (Å²) >= 11 is 6.83. The van der Waals surface area contributed by atoms with Crippen LogP contribution in [0, 0.1) is 10.1 Å². The summed E-state index contributed by atoms with van der Waals surface area (Å²) in [5.74, 6) is 0. The predicted octanol–water partition coefficient (Wildman–Crippen LogP) is 2.77. The van der Waals surface area contributed by atoms with Crippen molar-refractivity contribution in [3.63, 3.8) is 0 Å². The number of thiophene rings is 1. The zero-order valence-corrected chi connectivity index (χ0v) is 8.83. The van der Waals surface area contributed by atoms with Crippen LogP contribution in [-0.2, 0) is 0 Å². The molecule has 2 aromatic rings. The van der Waals surface area contributed by atoms with Crippen LogP contribution in [0.2, 0.25) is 5.15 Å². The minimum Gasteiger partial charge on any atom is -0.258 e. The van der Waals surface area contributed by atoms with Gasteiger partial charge in [-0.3, -0.25) is 15.1 Å². The molecule has 0 amide bonds. The molecule has 0 aliphatic carbocycles. The van der Waals surface area contributed by atoms with Crippen LogP contribution in [0.5, 0.6) is 0 Å². The SMILES string of the molecule is O=[N+]([O-])c1ccc(-c2nccnc2Cl)s1. The maximum Gasteiger partial charge on any atom is 0.324 e. The van der Waals surface area contributed by atoms with Crippen LogP contribution in [0.25, 0.3) is 10.6 Å². The van der Waals surface area contributed by atoms with Crippen molar-refractivity contribution in [3.8, 4) is 10.6 Å². The molecule has 0 aromatic carbocycles. The first-order chi connectivity index (χ1) is 7.18. The fraction of sp³-hybridized carbons (Fsp3) is 0. The third-order valence-electron chi connectivity index (χ3n) is 1.66. The molecule has 5 nitrogen and oxygen atoms in total. The summed E-state index contributed by atoms with van der Waals surface area (Å²) in [5, 5.41) is 10.8. The van der Waals surface area contributed by atoms with Gasteiger partial charge in [-0.1, -0.05) is 22.9 Å². The van der Waals surface area contributed by atoms with Crippen LogP contribution in [-0.4, -0.2) is 14.9 Å². The number of rotatable bonds is 2. The Morgan fingerprint density at radius 2 is 2.07 bits per heavy atom. The molecule has 0 saturated heterocycles. The molecule has 0 radical (unpaired) electrons. The van der Waals surface area contributed by atoms with Gasteiger partial charge < -0.3 is 0 Å². The van der Waals surface area contributed by atoms with Crippen molar-refractivity contribution >= 4 is 27.9 Å². The van der Waals surface area contributed by atoms with Crippen molar-refractivity contribution in [1.82, 2.24) is 9.97 Å². The standard InChI is InChI=1S/C8H4ClN3O2S/c9-8-7(10-3-4-11-8)5-1-2-6(15-5)12(13)14/h1-4H. The van der Waals surface area contributed by atoms with Crippen LogP contribution in [0.15, 0.2) is 24.5 Å². The minimum absolute atomic E-state index is 0.0618. The topological polar surface area (TPSA) is 68.9 Å². The zero-order chi connectivity index (χ0) is 10.8. The average Bonchev–Trinajstić information content (AvgIpc) is 2.67. The van der Waals surface area contributed by atoms with Crippen molar-refractivity contribution in [2.45, 2.75) is 0 Å². The molecular weight excluding hydrogens is 238 g/mol. The second kappa shape index (κ2) is 3.92. The van der Waals surface area contributed by atoms with E-state index >= 15 is 0 Å². The number of nitro groups is 1. The molecule has 2 heterocycles. The maximum atomic E-state index is 10.5. The highest BCUT2D eigenvalue weighted by molar-refractivity contribution is 7.18. The summed E-state index contributed by atoms with van der Waals surface area (Å²) < 4.78 is 0. The Morgan fingerprint density at radius 3 is 2.67 bits per heavy atom. The highest BCUT2D eigenvalue weighted by atomic mass is 35.5. The van der Waals surface area contributed by atoms with Crippen LogP contribution in [0.4, 0.5) is 5.00 Å². The van der Waals surface area contributed by atoms with E-state index in [9.17, 15) is 10.1 Å². The lowest BCUT2D eigenvalue weighted by Crippen LogP contribution is -1.84. The van der Waals surface area contributed by atoms with E-state index in [0.29, 0.717) is 10.6 Å². The largest absolute Gasteiger partial charge is 0.324 e. The Kier molecular flexibility index (Phi) is 2.61. The Morgan fingerprint density at radius 1 is 1.33 bits per heavy atom. The number of hydrogen-bond acceptors (Lipinski definition) is 5. The number of nitrogens with zero attached hydrogens (tertiary/aromatic N) is 3. The molecule has 0 fully saturated rings. The third-order valence-corrected chi connectivity index (χ3v) is 2.98. The van der Waals surface area contributed by atoms with E-state index in [1.165, 1.54) is 18.5 Å². The Bertz CT molecular complexity index is 514. The molecule has 0 aliphatic rings. The molecule has 0 spiro atoms. The Labute approximate surface area is 93.5 Å². The number of aromatic nitrogens is 2. The summed E-state index contributed by atoms with van der Waals surface area (Å²) in [6, 6.07) is 3.03. The Balaban J connectivity index is 2.46. The molecule has 2 aromatic heterocycles. The van der Waals surface area contributed by atoms with Gasteiger partial charge in [-0.2, -0.15) is 0 Å². The van der Waals surface area contributed by atoms with E-state index in [1.54, 1.807) is 6.07 Å². The van der Waals surface area contributed by atoms with Gasteiger partial charge in [0.05, 0.1) is 9.80 Å². The van der Waals surface area contributed by atoms with Gasteiger partial charge in [0.15, 0.2) is 5.15 Å². The fourth-order valence-corrected chi connectivity index (χ4v) is 2.12. The van der Waals surface area contributed by atoms with Crippen LogP contribution in [0.3, 0.4) is 0 Å². The minimum atomic E-state index is -0.446. The second-order valence-electron chi connectivity index (χ2n) is 2.59. The van der Waals surface area contributed by atoms with Gasteiger partial charge in [-0.15, -0.1) is 0 Å². The highest BCUT2D eigenvalue weighted by Gasteiger charge is 2.14. The molecule has 0 saturated carbocycles. The van der Waals surface area contributed by atoms with E-state index < -0.39 is 4.92 Å². The molecule has 0 unspecified atom stereocenters. The molecule has 0 bridgehead atoms. The molecular formula is C8H4ClN3O2S. The number of halogens is 1. The van der Waals surface area contributed by atoms with Gasteiger partial charge in [0.2, 0.25) is 0 Å². The molecule has 15 heavy (non-hydrogen) atoms. The van der Waals surface area contributed by atoms with Crippen LogP contribution < -0.4 is 0 Å². The highest BCUT2D eigenvalue weighted by Crippen LogP contribution is 2.33. The van der Waals surface area contributed by atoms with Crippen LogP contribution >= 0.6 is 22.9 Å². The molecule has 76 valence electrons. The number of hydrogen-bond donors (Lipinski definition) is 0. The summed E-state index contributed by atoms with van der Waals surface area (Å²) in [7, 11) is 0. The molecule has 7 heteroatoms. The van der Waals surface area contributed by atoms with E-state index in [4.69, 9.17) is 11.6 Å². The lowest BCUT2D eigenvalue weighted by Gasteiger charge is -1.96. The van der Waals surface area contributed by atoms with Gasteiger partial charge in [0.1, 0.15) is 5.69 Å². The van der Waals surface area contributed by atoms with Crippen molar-refractivity contribution < 1.29 is 4.92 Å². The lowest BCUT2D eigenvalue weighted by atomic mass is 10.3. The maximum absolute atomic E-state index is 10.5. The third kappa shape index (κ3) is 1.95. The normalized spacial score (nSPS) is 10.2. The first-order valence-electron chi connectivity index (χ1n) is 3.89. The summed E-state index contributed by atoms with van der Waals surface area (Å²) in [6.45, 7) is 0. The van der Waals surface area contributed by atoms with Crippen molar-refractivity contribution in [1.29, 1.82) is 0 Å². The molecule has 0 aliphatic heterocycles. The first-order valence-corrected chi connectivity index (χ1v) is 5.09. The summed E-state index contributed by atoms with van der Waals surface area (Å²) in [6.07, 6.45) is 2.96. The molecule has 0 N–H and O–H groups in total. The molecule has 2 rings (SSSR count). The second-order valence-corrected chi connectivity index (χ2v) is 4.01. The van der Waals surface area contributed by atoms with Crippen molar-refractivity contribution in [2.75, 3.05) is 0 Å². The van der Waals surface area contributed by atoms with Crippen molar-refractivity contribution in [3.05, 3.63) is 39.8 Å². The predicted molar refractivity (Wildman–Crippen MR) is 57.0 cm³/mol. The Hall–Kier alpha value is -1.53. The van der Waals surface area contributed by atoms with E-state index in [1.807, 2.05) is 0 Å². The van der Waals surface area contributed by atoms with Gasteiger partial charge in [-0.25, -0.2) is 4.98 Å². The van der Waals surface area contributed by atoms with E-state index in [0.717, 1.165) is 11.3 Å². The van der Waals surface area contributed by atoms with E-state index in [2.05, 4.69) is 9.97 Å². The van der Waals surface area contributed by atoms with Gasteiger partial charge in [-0.05, 0) is 6.07 Å². The quantitative estimate of drug-likeness (QED) is 0.599. The first kappa shape index (κ1) is 10.0. The smallest absolute Gasteiger partial charge is 0.258 e. The molecule has 0 atom stereocenters. The van der Waals surface area contributed by atoms with Gasteiger partial charge >= 0.3 is 5.00 Å². The summed E-state index contributed by atoms with van der Waals surface area (Å²) in [5.41, 5.74) is 0.470. The average molecular weight is 242 g/mol. The van der Waals surface area contributed by atoms with Crippen molar-refractivity contribution in [2.24, 2.45) is 0 Å².